The van der Waals surface area contributed by atoms with Crippen LogP contribution in [0.5, 0.6) is 5.75 Å². The molecule has 124 valence electrons. The lowest BCUT2D eigenvalue weighted by Crippen LogP contribution is -2.05. The molecule has 4 heteroatoms. The normalized spacial score (nSPS) is 10.5. The van der Waals surface area contributed by atoms with Gasteiger partial charge in [-0.25, -0.2) is 0 Å². The number of hydrogen-bond donors (Lipinski definition) is 2. The third kappa shape index (κ3) is 9.40. The van der Waals surface area contributed by atoms with Gasteiger partial charge in [0, 0.05) is 19.2 Å². The Balaban J connectivity index is 1.99. The zero-order valence-electron chi connectivity index (χ0n) is 13.6. The van der Waals surface area contributed by atoms with E-state index in [1.807, 2.05) is 24.3 Å². The molecular weight excluding hydrogens is 278 g/mol. The number of aliphatic hydroxyl groups excluding tert-OH is 1. The summed E-state index contributed by atoms with van der Waals surface area (Å²) in [4.78, 5) is 10.9. The van der Waals surface area contributed by atoms with Gasteiger partial charge in [0.1, 0.15) is 5.75 Å². The number of nitrogens with one attached hydrogen (secondary N) is 1. The predicted molar refractivity (Wildman–Crippen MR) is 90.3 cm³/mol. The lowest BCUT2D eigenvalue weighted by molar-refractivity contribution is -0.114. The first kappa shape index (κ1) is 18.5. The van der Waals surface area contributed by atoms with Crippen LogP contribution in [0.1, 0.15) is 58.3 Å². The zero-order chi connectivity index (χ0) is 16.0. The highest BCUT2D eigenvalue weighted by molar-refractivity contribution is 5.88. The van der Waals surface area contributed by atoms with Crippen LogP contribution >= 0.6 is 0 Å². The molecule has 0 aliphatic rings. The van der Waals surface area contributed by atoms with Gasteiger partial charge < -0.3 is 15.2 Å². The van der Waals surface area contributed by atoms with E-state index in [-0.39, 0.29) is 5.91 Å². The summed E-state index contributed by atoms with van der Waals surface area (Å²) in [5.74, 6) is 0.781. The molecule has 1 rings (SSSR count). The van der Waals surface area contributed by atoms with Crippen molar-refractivity contribution in [3.05, 3.63) is 24.3 Å². The molecule has 0 spiro atoms. The number of ether oxygens (including phenoxy) is 1. The van der Waals surface area contributed by atoms with Crippen LogP contribution in [-0.4, -0.2) is 24.2 Å². The molecule has 1 aromatic rings. The fraction of sp³-hybridized carbons (Fsp3) is 0.611. The maximum atomic E-state index is 10.9. The molecule has 0 heterocycles. The minimum absolute atomic E-state index is 0.0648. The van der Waals surface area contributed by atoms with E-state index in [1.54, 1.807) is 0 Å². The quantitative estimate of drug-likeness (QED) is 0.571. The summed E-state index contributed by atoms with van der Waals surface area (Å²) in [7, 11) is 0. The van der Waals surface area contributed by atoms with Gasteiger partial charge in [-0.1, -0.05) is 38.5 Å². The van der Waals surface area contributed by atoms with E-state index in [1.165, 1.54) is 39.0 Å². The van der Waals surface area contributed by atoms with E-state index in [0.717, 1.165) is 37.3 Å². The van der Waals surface area contributed by atoms with Crippen molar-refractivity contribution in [2.24, 2.45) is 0 Å². The van der Waals surface area contributed by atoms with E-state index in [4.69, 9.17) is 9.84 Å². The van der Waals surface area contributed by atoms with Gasteiger partial charge in [0.25, 0.3) is 0 Å². The topological polar surface area (TPSA) is 58.6 Å². The van der Waals surface area contributed by atoms with Crippen LogP contribution in [-0.2, 0) is 4.79 Å². The largest absolute Gasteiger partial charge is 0.494 e. The smallest absolute Gasteiger partial charge is 0.221 e. The van der Waals surface area contributed by atoms with Crippen LogP contribution in [0.2, 0.25) is 0 Å². The van der Waals surface area contributed by atoms with E-state index < -0.39 is 0 Å². The molecule has 22 heavy (non-hydrogen) atoms. The van der Waals surface area contributed by atoms with E-state index in [2.05, 4.69) is 5.32 Å². The van der Waals surface area contributed by atoms with Crippen molar-refractivity contribution in [3.8, 4) is 5.75 Å². The molecule has 0 atom stereocenters. The minimum Gasteiger partial charge on any atom is -0.494 e. The molecule has 0 aliphatic carbocycles. The van der Waals surface area contributed by atoms with Gasteiger partial charge in [-0.2, -0.15) is 0 Å². The molecule has 0 aliphatic heterocycles. The number of rotatable bonds is 12. The van der Waals surface area contributed by atoms with E-state index in [9.17, 15) is 4.79 Å². The van der Waals surface area contributed by atoms with E-state index >= 15 is 0 Å². The summed E-state index contributed by atoms with van der Waals surface area (Å²) < 4.78 is 5.69. The number of aliphatic hydroxyl groups is 1. The first-order valence-corrected chi connectivity index (χ1v) is 8.33. The first-order chi connectivity index (χ1) is 10.7. The monoisotopic (exact) mass is 307 g/mol. The molecule has 1 aromatic carbocycles. The van der Waals surface area contributed by atoms with E-state index in [0.29, 0.717) is 6.61 Å². The van der Waals surface area contributed by atoms with Gasteiger partial charge in [0.2, 0.25) is 5.91 Å². The van der Waals surface area contributed by atoms with Gasteiger partial charge in [0.05, 0.1) is 6.61 Å². The Hall–Kier alpha value is -1.55. The summed E-state index contributed by atoms with van der Waals surface area (Å²) >= 11 is 0. The molecular formula is C18H29NO3. The van der Waals surface area contributed by atoms with Crippen molar-refractivity contribution in [1.82, 2.24) is 0 Å². The minimum atomic E-state index is -0.0648. The highest BCUT2D eigenvalue weighted by Crippen LogP contribution is 2.16. The summed E-state index contributed by atoms with van der Waals surface area (Å²) in [6.07, 6.45) is 9.39. The van der Waals surface area contributed by atoms with Crippen molar-refractivity contribution in [3.63, 3.8) is 0 Å². The Bertz CT molecular complexity index is 403. The Morgan fingerprint density at radius 3 is 2.05 bits per heavy atom. The average molecular weight is 307 g/mol. The Morgan fingerprint density at radius 2 is 1.50 bits per heavy atom. The van der Waals surface area contributed by atoms with Gasteiger partial charge in [-0.05, 0) is 37.1 Å². The summed E-state index contributed by atoms with van der Waals surface area (Å²) in [6.45, 7) is 2.56. The lowest BCUT2D eigenvalue weighted by atomic mass is 10.1. The van der Waals surface area contributed by atoms with Gasteiger partial charge >= 0.3 is 0 Å². The molecule has 0 aromatic heterocycles. The van der Waals surface area contributed by atoms with Crippen LogP contribution in [0, 0.1) is 0 Å². The second-order valence-corrected chi connectivity index (χ2v) is 5.61. The maximum Gasteiger partial charge on any atom is 0.221 e. The fourth-order valence-corrected chi connectivity index (χ4v) is 2.30. The van der Waals surface area contributed by atoms with Gasteiger partial charge in [-0.15, -0.1) is 0 Å². The molecule has 0 saturated carbocycles. The van der Waals surface area contributed by atoms with Gasteiger partial charge in [-0.3, -0.25) is 4.79 Å². The third-order valence-corrected chi connectivity index (χ3v) is 3.50. The Labute approximate surface area is 133 Å². The summed E-state index contributed by atoms with van der Waals surface area (Å²) in [6, 6.07) is 7.46. The molecule has 1 amide bonds. The highest BCUT2D eigenvalue weighted by Gasteiger charge is 1.97. The maximum absolute atomic E-state index is 10.9. The molecule has 2 N–H and O–H groups in total. The first-order valence-electron chi connectivity index (χ1n) is 8.33. The Morgan fingerprint density at radius 1 is 0.955 bits per heavy atom. The predicted octanol–water partition coefficient (Wildman–Crippen LogP) is 4.14. The van der Waals surface area contributed by atoms with Crippen LogP contribution in [0.4, 0.5) is 5.69 Å². The number of benzene rings is 1. The molecule has 0 unspecified atom stereocenters. The van der Waals surface area contributed by atoms with Crippen LogP contribution < -0.4 is 10.1 Å². The van der Waals surface area contributed by atoms with Crippen LogP contribution in [0.3, 0.4) is 0 Å². The van der Waals surface area contributed by atoms with Crippen LogP contribution in [0.25, 0.3) is 0 Å². The summed E-state index contributed by atoms with van der Waals surface area (Å²) in [5, 5.41) is 11.4. The number of anilines is 1. The van der Waals surface area contributed by atoms with Crippen molar-refractivity contribution in [2.45, 2.75) is 58.3 Å². The fourth-order valence-electron chi connectivity index (χ4n) is 2.30. The highest BCUT2D eigenvalue weighted by atomic mass is 16.5. The van der Waals surface area contributed by atoms with Crippen molar-refractivity contribution < 1.29 is 14.6 Å². The lowest BCUT2D eigenvalue weighted by Gasteiger charge is -2.07. The average Bonchev–Trinajstić information content (AvgIpc) is 2.50. The van der Waals surface area contributed by atoms with Gasteiger partial charge in [0.15, 0.2) is 0 Å². The molecule has 0 saturated heterocycles. The standard InChI is InChI=1S/C18H29NO3/c1-16(21)19-17-10-12-18(13-11-17)22-15-9-7-5-3-2-4-6-8-14-20/h10-13,20H,2-9,14-15H2,1H3,(H,19,21). The molecule has 0 radical (unpaired) electrons. The summed E-state index contributed by atoms with van der Waals surface area (Å²) in [5.41, 5.74) is 0.793. The third-order valence-electron chi connectivity index (χ3n) is 3.50. The number of carbonyl (C=O) groups excluding carboxylic acids is 1. The van der Waals surface area contributed by atoms with Crippen molar-refractivity contribution in [1.29, 1.82) is 0 Å². The van der Waals surface area contributed by atoms with Crippen LogP contribution in [0.15, 0.2) is 24.3 Å². The number of unbranched alkanes of at least 4 members (excludes halogenated alkanes) is 7. The Kier molecular flexibility index (Phi) is 10.1. The number of carbonyl (C=O) groups is 1. The van der Waals surface area contributed by atoms with Crippen molar-refractivity contribution in [2.75, 3.05) is 18.5 Å². The molecule has 4 nitrogen and oxygen atoms in total. The SMILES string of the molecule is CC(=O)Nc1ccc(OCCCCCCCCCCO)cc1. The van der Waals surface area contributed by atoms with Crippen molar-refractivity contribution >= 4 is 11.6 Å². The second kappa shape index (κ2) is 12.0. The second-order valence-electron chi connectivity index (χ2n) is 5.61. The number of hydrogen-bond acceptors (Lipinski definition) is 3. The molecule has 0 fully saturated rings. The molecule has 0 bridgehead atoms. The number of amides is 1. The zero-order valence-corrected chi connectivity index (χ0v) is 13.6.